The normalized spacial score (nSPS) is 15.1. The van der Waals surface area contributed by atoms with Crippen molar-refractivity contribution in [3.05, 3.63) is 53.1 Å². The molecule has 0 atom stereocenters. The molecule has 0 unspecified atom stereocenters. The highest BCUT2D eigenvalue weighted by atomic mass is 32.1. The van der Waals surface area contributed by atoms with Gasteiger partial charge in [-0.2, -0.15) is 0 Å². The fourth-order valence-corrected chi connectivity index (χ4v) is 3.80. The summed E-state index contributed by atoms with van der Waals surface area (Å²) in [7, 11) is 0. The molecule has 8 heteroatoms. The average Bonchev–Trinajstić information content (AvgIpc) is 3.37. The predicted molar refractivity (Wildman–Crippen MR) is 97.9 cm³/mol. The maximum atomic E-state index is 12.3. The minimum atomic E-state index is -0.169. The van der Waals surface area contributed by atoms with Crippen molar-refractivity contribution in [2.24, 2.45) is 0 Å². The van der Waals surface area contributed by atoms with Crippen LogP contribution in [0.15, 0.2) is 41.3 Å². The Kier molecular flexibility index (Phi) is 5.03. The van der Waals surface area contributed by atoms with Crippen molar-refractivity contribution in [1.29, 1.82) is 0 Å². The summed E-state index contributed by atoms with van der Waals surface area (Å²) in [5.74, 6) is 0.939. The second-order valence-electron chi connectivity index (χ2n) is 6.20. The van der Waals surface area contributed by atoms with Gasteiger partial charge in [-0.15, -0.1) is 11.3 Å². The van der Waals surface area contributed by atoms with E-state index in [2.05, 4.69) is 25.8 Å². The van der Waals surface area contributed by atoms with E-state index in [-0.39, 0.29) is 5.91 Å². The molecular weight excluding hydrogens is 350 g/mol. The van der Waals surface area contributed by atoms with Crippen molar-refractivity contribution in [2.75, 3.05) is 13.1 Å². The van der Waals surface area contributed by atoms with E-state index < -0.39 is 0 Å². The number of nitrogens with zero attached hydrogens (tertiary/aromatic N) is 3. The standard InChI is InChI=1S/C18H19N5O2S/c24-17(16-11-22-18(26-16)13-2-1-5-20-9-13)21-10-14-8-15(23-25-14)12-3-6-19-7-4-12/h1-2,5,8-9,11-12,19H,3-4,6-7,10H2,(H,21,24). The number of aromatic nitrogens is 3. The molecule has 4 rings (SSSR count). The van der Waals surface area contributed by atoms with E-state index in [1.807, 2.05) is 18.2 Å². The molecule has 0 spiro atoms. The van der Waals surface area contributed by atoms with Crippen LogP contribution in [0, 0.1) is 0 Å². The molecule has 3 aromatic rings. The Morgan fingerprint density at radius 2 is 2.23 bits per heavy atom. The summed E-state index contributed by atoms with van der Waals surface area (Å²) in [6.07, 6.45) is 7.16. The Morgan fingerprint density at radius 1 is 1.35 bits per heavy atom. The third kappa shape index (κ3) is 3.81. The highest BCUT2D eigenvalue weighted by Crippen LogP contribution is 2.25. The van der Waals surface area contributed by atoms with Crippen molar-refractivity contribution >= 4 is 17.2 Å². The molecule has 7 nitrogen and oxygen atoms in total. The molecule has 0 saturated carbocycles. The van der Waals surface area contributed by atoms with Crippen LogP contribution in [-0.2, 0) is 6.54 Å². The molecule has 4 heterocycles. The second kappa shape index (κ2) is 7.76. The molecule has 26 heavy (non-hydrogen) atoms. The predicted octanol–water partition coefficient (Wildman–Crippen LogP) is 2.59. The Labute approximate surface area is 154 Å². The SMILES string of the molecule is O=C(NCc1cc(C2CCNCC2)no1)c1cnc(-c2cccnc2)s1. The van der Waals surface area contributed by atoms with Gasteiger partial charge in [0.2, 0.25) is 0 Å². The molecule has 1 saturated heterocycles. The molecule has 0 radical (unpaired) electrons. The van der Waals surface area contributed by atoms with Gasteiger partial charge in [-0.1, -0.05) is 5.16 Å². The maximum absolute atomic E-state index is 12.3. The lowest BCUT2D eigenvalue weighted by molar-refractivity contribution is 0.0951. The van der Waals surface area contributed by atoms with Gasteiger partial charge >= 0.3 is 0 Å². The van der Waals surface area contributed by atoms with Gasteiger partial charge in [0.1, 0.15) is 9.88 Å². The molecule has 0 aromatic carbocycles. The van der Waals surface area contributed by atoms with E-state index in [4.69, 9.17) is 4.52 Å². The van der Waals surface area contributed by atoms with Crippen LogP contribution in [-0.4, -0.2) is 34.1 Å². The number of piperidine rings is 1. The quantitative estimate of drug-likeness (QED) is 0.718. The van der Waals surface area contributed by atoms with Crippen LogP contribution in [0.2, 0.25) is 0 Å². The number of hydrogen-bond donors (Lipinski definition) is 2. The molecular formula is C18H19N5O2S. The largest absolute Gasteiger partial charge is 0.359 e. The lowest BCUT2D eigenvalue weighted by Gasteiger charge is -2.19. The first-order valence-corrected chi connectivity index (χ1v) is 9.42. The van der Waals surface area contributed by atoms with Crippen LogP contribution in [0.25, 0.3) is 10.6 Å². The van der Waals surface area contributed by atoms with Gasteiger partial charge in [0, 0.05) is 29.9 Å². The van der Waals surface area contributed by atoms with Gasteiger partial charge < -0.3 is 15.2 Å². The summed E-state index contributed by atoms with van der Waals surface area (Å²) in [6.45, 7) is 2.33. The van der Waals surface area contributed by atoms with Crippen LogP contribution < -0.4 is 10.6 Å². The summed E-state index contributed by atoms with van der Waals surface area (Å²) in [6, 6.07) is 5.72. The molecule has 1 amide bonds. The van der Waals surface area contributed by atoms with Gasteiger partial charge in [0.25, 0.3) is 5.91 Å². The number of carbonyl (C=O) groups is 1. The number of nitrogens with one attached hydrogen (secondary N) is 2. The van der Waals surface area contributed by atoms with E-state index in [1.165, 1.54) is 11.3 Å². The number of hydrogen-bond acceptors (Lipinski definition) is 7. The molecule has 0 bridgehead atoms. The van der Waals surface area contributed by atoms with Crippen LogP contribution >= 0.6 is 11.3 Å². The Morgan fingerprint density at radius 3 is 3.04 bits per heavy atom. The third-order valence-electron chi connectivity index (χ3n) is 4.40. The fourth-order valence-electron chi connectivity index (χ4n) is 2.98. The molecule has 0 aliphatic carbocycles. The number of carbonyl (C=O) groups excluding carboxylic acids is 1. The highest BCUT2D eigenvalue weighted by Gasteiger charge is 2.19. The Hall–Kier alpha value is -2.58. The van der Waals surface area contributed by atoms with Gasteiger partial charge in [-0.3, -0.25) is 9.78 Å². The van der Waals surface area contributed by atoms with Crippen molar-refractivity contribution in [2.45, 2.75) is 25.3 Å². The van der Waals surface area contributed by atoms with E-state index in [0.29, 0.717) is 23.1 Å². The van der Waals surface area contributed by atoms with Gasteiger partial charge in [-0.25, -0.2) is 4.98 Å². The van der Waals surface area contributed by atoms with Crippen molar-refractivity contribution in [3.8, 4) is 10.6 Å². The summed E-state index contributed by atoms with van der Waals surface area (Å²) in [4.78, 5) is 21.3. The molecule has 134 valence electrons. The zero-order valence-electron chi connectivity index (χ0n) is 14.1. The van der Waals surface area contributed by atoms with Gasteiger partial charge in [0.15, 0.2) is 5.76 Å². The first kappa shape index (κ1) is 16.9. The van der Waals surface area contributed by atoms with E-state index in [9.17, 15) is 4.79 Å². The van der Waals surface area contributed by atoms with Gasteiger partial charge in [-0.05, 0) is 38.1 Å². The Bertz CT molecular complexity index is 871. The zero-order chi connectivity index (χ0) is 17.8. The molecule has 1 aliphatic heterocycles. The van der Waals surface area contributed by atoms with Crippen molar-refractivity contribution in [1.82, 2.24) is 25.8 Å². The number of thiazole rings is 1. The lowest BCUT2D eigenvalue weighted by atomic mass is 9.95. The van der Waals surface area contributed by atoms with Crippen molar-refractivity contribution < 1.29 is 9.32 Å². The summed E-state index contributed by atoms with van der Waals surface area (Å²) >= 11 is 1.34. The van der Waals surface area contributed by atoms with Gasteiger partial charge in [0.05, 0.1) is 18.4 Å². The van der Waals surface area contributed by atoms with Crippen LogP contribution in [0.5, 0.6) is 0 Å². The first-order valence-electron chi connectivity index (χ1n) is 8.60. The lowest BCUT2D eigenvalue weighted by Crippen LogP contribution is -2.26. The summed E-state index contributed by atoms with van der Waals surface area (Å²) < 4.78 is 5.37. The third-order valence-corrected chi connectivity index (χ3v) is 5.44. The van der Waals surface area contributed by atoms with E-state index in [0.717, 1.165) is 42.2 Å². The first-order chi connectivity index (χ1) is 12.8. The Balaban J connectivity index is 1.35. The minimum absolute atomic E-state index is 0.169. The van der Waals surface area contributed by atoms with E-state index in [1.54, 1.807) is 18.6 Å². The number of rotatable bonds is 5. The smallest absolute Gasteiger partial charge is 0.263 e. The zero-order valence-corrected chi connectivity index (χ0v) is 15.0. The van der Waals surface area contributed by atoms with Crippen LogP contribution in [0.1, 0.15) is 39.9 Å². The molecule has 3 aromatic heterocycles. The second-order valence-corrected chi connectivity index (χ2v) is 7.23. The average molecular weight is 369 g/mol. The summed E-state index contributed by atoms with van der Waals surface area (Å²) in [5, 5.41) is 11.1. The fraction of sp³-hybridized carbons (Fsp3) is 0.333. The monoisotopic (exact) mass is 369 g/mol. The summed E-state index contributed by atoms with van der Waals surface area (Å²) in [5.41, 5.74) is 1.88. The maximum Gasteiger partial charge on any atom is 0.263 e. The van der Waals surface area contributed by atoms with Crippen molar-refractivity contribution in [3.63, 3.8) is 0 Å². The molecule has 2 N–H and O–H groups in total. The highest BCUT2D eigenvalue weighted by molar-refractivity contribution is 7.16. The molecule has 1 aliphatic rings. The minimum Gasteiger partial charge on any atom is -0.359 e. The van der Waals surface area contributed by atoms with E-state index >= 15 is 0 Å². The number of pyridine rings is 1. The topological polar surface area (TPSA) is 92.9 Å². The van der Waals surface area contributed by atoms with Crippen LogP contribution in [0.3, 0.4) is 0 Å². The van der Waals surface area contributed by atoms with Crippen LogP contribution in [0.4, 0.5) is 0 Å². The molecule has 1 fully saturated rings. The number of amides is 1.